The van der Waals surface area contributed by atoms with Gasteiger partial charge in [0.25, 0.3) is 0 Å². The second-order valence-electron chi connectivity index (χ2n) is 8.22. The lowest BCUT2D eigenvalue weighted by atomic mass is 9.56. The molecule has 150 valence electrons. The van der Waals surface area contributed by atoms with Gasteiger partial charge in [0.2, 0.25) is 0 Å². The Morgan fingerprint density at radius 1 is 0.462 bits per heavy atom. The van der Waals surface area contributed by atoms with Gasteiger partial charge in [-0.15, -0.1) is 0 Å². The van der Waals surface area contributed by atoms with E-state index >= 15 is 0 Å². The third kappa shape index (κ3) is 7.70. The second-order valence-corrected chi connectivity index (χ2v) is 8.22. The number of hydrogen-bond donors (Lipinski definition) is 0. The highest BCUT2D eigenvalue weighted by molar-refractivity contribution is 5.18. The number of rotatable bonds is 17. The second kappa shape index (κ2) is 15.1. The van der Waals surface area contributed by atoms with Crippen LogP contribution in [0.2, 0.25) is 0 Å². The summed E-state index contributed by atoms with van der Waals surface area (Å²) in [6.07, 6.45) is 17.3. The number of hydrogen-bond acceptors (Lipinski definition) is 2. The first kappa shape index (κ1) is 25.0. The Bertz CT molecular complexity index is 353. The molecule has 2 nitrogen and oxygen atoms in total. The van der Waals surface area contributed by atoms with Crippen molar-refractivity contribution in [2.24, 2.45) is 10.8 Å². The molecule has 0 saturated heterocycles. The standard InChI is InChI=1S/C24H44N2/c1-5-9-13-17-23(21-25,18-14-10-6-2)24(22-26,19-15-11-7-3)20-16-12-8-4/h5-20H2,1-4H3. The van der Waals surface area contributed by atoms with Crippen molar-refractivity contribution in [1.82, 2.24) is 0 Å². The zero-order chi connectivity index (χ0) is 19.7. The summed E-state index contributed by atoms with van der Waals surface area (Å²) in [5, 5.41) is 20.7. The van der Waals surface area contributed by atoms with Crippen molar-refractivity contribution >= 4 is 0 Å². The molecule has 0 N–H and O–H groups in total. The largest absolute Gasteiger partial charge is 0.198 e. The molecule has 0 fully saturated rings. The van der Waals surface area contributed by atoms with Crippen LogP contribution in [0.1, 0.15) is 130 Å². The van der Waals surface area contributed by atoms with Gasteiger partial charge in [0, 0.05) is 0 Å². The topological polar surface area (TPSA) is 47.6 Å². The Balaban J connectivity index is 5.66. The lowest BCUT2D eigenvalue weighted by Crippen LogP contribution is -2.41. The van der Waals surface area contributed by atoms with E-state index in [1.54, 1.807) is 0 Å². The number of nitrogens with zero attached hydrogens (tertiary/aromatic N) is 2. The quantitative estimate of drug-likeness (QED) is 0.245. The molecule has 0 unspecified atom stereocenters. The smallest absolute Gasteiger partial charge is 0.0760 e. The molecule has 0 rings (SSSR count). The molecule has 0 aliphatic heterocycles. The molecule has 0 aliphatic rings. The molecule has 0 aliphatic carbocycles. The third-order valence-corrected chi connectivity index (χ3v) is 6.17. The molecule has 2 heteroatoms. The molecule has 0 spiro atoms. The zero-order valence-electron chi connectivity index (χ0n) is 18.2. The van der Waals surface area contributed by atoms with Gasteiger partial charge in [-0.1, -0.05) is 105 Å². The van der Waals surface area contributed by atoms with Crippen molar-refractivity contribution in [2.75, 3.05) is 0 Å². The summed E-state index contributed by atoms with van der Waals surface area (Å²) >= 11 is 0. The first-order valence-corrected chi connectivity index (χ1v) is 11.4. The summed E-state index contributed by atoms with van der Waals surface area (Å²) in [5.41, 5.74) is -0.902. The van der Waals surface area contributed by atoms with E-state index in [0.717, 1.165) is 51.4 Å². The Morgan fingerprint density at radius 2 is 0.692 bits per heavy atom. The van der Waals surface area contributed by atoms with Gasteiger partial charge in [0.1, 0.15) is 0 Å². The molecule has 0 aromatic rings. The fraction of sp³-hybridized carbons (Fsp3) is 0.917. The third-order valence-electron chi connectivity index (χ3n) is 6.17. The minimum atomic E-state index is -0.451. The molecule has 0 atom stereocenters. The van der Waals surface area contributed by atoms with Crippen LogP contribution >= 0.6 is 0 Å². The lowest BCUT2D eigenvalue weighted by molar-refractivity contribution is 0.0931. The van der Waals surface area contributed by atoms with E-state index in [4.69, 9.17) is 0 Å². The van der Waals surface area contributed by atoms with Gasteiger partial charge in [-0.05, 0) is 25.7 Å². The van der Waals surface area contributed by atoms with Gasteiger partial charge < -0.3 is 0 Å². The molecule has 0 heterocycles. The Morgan fingerprint density at radius 3 is 0.846 bits per heavy atom. The van der Waals surface area contributed by atoms with Gasteiger partial charge in [-0.25, -0.2) is 0 Å². The van der Waals surface area contributed by atoms with Crippen molar-refractivity contribution in [3.05, 3.63) is 0 Å². The highest BCUT2D eigenvalue weighted by Gasteiger charge is 2.50. The van der Waals surface area contributed by atoms with Gasteiger partial charge in [0.05, 0.1) is 23.0 Å². The van der Waals surface area contributed by atoms with Crippen molar-refractivity contribution in [3.63, 3.8) is 0 Å². The van der Waals surface area contributed by atoms with E-state index in [0.29, 0.717) is 0 Å². The highest BCUT2D eigenvalue weighted by atomic mass is 14.5. The Hall–Kier alpha value is -1.02. The molecule has 0 aromatic heterocycles. The Labute approximate surface area is 164 Å². The maximum absolute atomic E-state index is 10.4. The van der Waals surface area contributed by atoms with E-state index in [9.17, 15) is 10.5 Å². The van der Waals surface area contributed by atoms with Crippen molar-refractivity contribution in [1.29, 1.82) is 10.5 Å². The summed E-state index contributed by atoms with van der Waals surface area (Å²) in [6, 6.07) is 5.51. The lowest BCUT2D eigenvalue weighted by Gasteiger charge is -2.43. The predicted molar refractivity (Wildman–Crippen MR) is 113 cm³/mol. The van der Waals surface area contributed by atoms with Crippen LogP contribution in [0.25, 0.3) is 0 Å². The highest BCUT2D eigenvalue weighted by Crippen LogP contribution is 2.53. The summed E-state index contributed by atoms with van der Waals surface area (Å²) in [7, 11) is 0. The summed E-state index contributed by atoms with van der Waals surface area (Å²) in [4.78, 5) is 0. The van der Waals surface area contributed by atoms with Gasteiger partial charge in [-0.2, -0.15) is 10.5 Å². The molecule has 0 saturated carbocycles. The van der Waals surface area contributed by atoms with E-state index in [1.807, 2.05) is 0 Å². The van der Waals surface area contributed by atoms with Crippen molar-refractivity contribution in [2.45, 2.75) is 130 Å². The summed E-state index contributed by atoms with van der Waals surface area (Å²) in [5.74, 6) is 0. The van der Waals surface area contributed by atoms with Gasteiger partial charge in [0.15, 0.2) is 0 Å². The van der Waals surface area contributed by atoms with Gasteiger partial charge in [-0.3, -0.25) is 0 Å². The van der Waals surface area contributed by atoms with Crippen LogP contribution < -0.4 is 0 Å². The van der Waals surface area contributed by atoms with Crippen LogP contribution in [0.15, 0.2) is 0 Å². The fourth-order valence-corrected chi connectivity index (χ4v) is 4.35. The van der Waals surface area contributed by atoms with Crippen LogP contribution in [0, 0.1) is 33.5 Å². The molecule has 26 heavy (non-hydrogen) atoms. The molecule has 0 bridgehead atoms. The summed E-state index contributed by atoms with van der Waals surface area (Å²) in [6.45, 7) is 8.85. The van der Waals surface area contributed by atoms with E-state index < -0.39 is 10.8 Å². The average Bonchev–Trinajstić information content (AvgIpc) is 2.66. The van der Waals surface area contributed by atoms with E-state index in [-0.39, 0.29) is 0 Å². The van der Waals surface area contributed by atoms with E-state index in [2.05, 4.69) is 39.8 Å². The SMILES string of the molecule is CCCCCC(C#N)(CCCCC)C(C#N)(CCCCC)CCCCC. The molecule has 0 radical (unpaired) electrons. The molecule has 0 amide bonds. The first-order valence-electron chi connectivity index (χ1n) is 11.4. The average molecular weight is 361 g/mol. The Kier molecular flexibility index (Phi) is 14.5. The maximum atomic E-state index is 10.4. The zero-order valence-corrected chi connectivity index (χ0v) is 18.2. The normalized spacial score (nSPS) is 11.9. The number of nitriles is 2. The fourth-order valence-electron chi connectivity index (χ4n) is 4.35. The molecular weight excluding hydrogens is 316 g/mol. The van der Waals surface area contributed by atoms with Crippen molar-refractivity contribution in [3.8, 4) is 12.1 Å². The number of unbranched alkanes of at least 4 members (excludes halogenated alkanes) is 8. The van der Waals surface area contributed by atoms with Crippen molar-refractivity contribution < 1.29 is 0 Å². The molecule has 0 aromatic carbocycles. The molecular formula is C24H44N2. The predicted octanol–water partition coefficient (Wildman–Crippen LogP) is 8.33. The van der Waals surface area contributed by atoms with Crippen LogP contribution in [0.3, 0.4) is 0 Å². The van der Waals surface area contributed by atoms with Crippen LogP contribution in [-0.4, -0.2) is 0 Å². The van der Waals surface area contributed by atoms with Crippen LogP contribution in [0.4, 0.5) is 0 Å². The summed E-state index contributed by atoms with van der Waals surface area (Å²) < 4.78 is 0. The maximum Gasteiger partial charge on any atom is 0.0760 e. The minimum absolute atomic E-state index is 0.451. The minimum Gasteiger partial charge on any atom is -0.198 e. The van der Waals surface area contributed by atoms with Crippen LogP contribution in [0.5, 0.6) is 0 Å². The monoisotopic (exact) mass is 360 g/mol. The first-order chi connectivity index (χ1) is 12.6. The van der Waals surface area contributed by atoms with E-state index in [1.165, 1.54) is 51.4 Å². The van der Waals surface area contributed by atoms with Gasteiger partial charge >= 0.3 is 0 Å². The van der Waals surface area contributed by atoms with Crippen LogP contribution in [-0.2, 0) is 0 Å².